The van der Waals surface area contributed by atoms with Crippen molar-refractivity contribution in [2.75, 3.05) is 78.2 Å². The first-order chi connectivity index (χ1) is 45.4. The minimum absolute atomic E-state index is 0.0134. The minimum atomic E-state index is -2.34. The number of anilines is 1. The molecule has 8 amide bonds. The predicted molar refractivity (Wildman–Crippen MR) is 339 cm³/mol. The third kappa shape index (κ3) is 15.0. The number of phenols is 2. The zero-order valence-electron chi connectivity index (χ0n) is 53.9. The molecule has 0 aromatic heterocycles. The van der Waals surface area contributed by atoms with Crippen LogP contribution in [-0.4, -0.2) is 235 Å². The van der Waals surface area contributed by atoms with Gasteiger partial charge in [0.2, 0.25) is 35.3 Å². The third-order valence-electron chi connectivity index (χ3n) is 18.6. The van der Waals surface area contributed by atoms with E-state index in [1.807, 2.05) is 6.92 Å². The summed E-state index contributed by atoms with van der Waals surface area (Å²) in [5.74, 6) is -6.82. The number of nitrogens with one attached hydrogen (secondary N) is 4. The fourth-order valence-corrected chi connectivity index (χ4v) is 14.3. The summed E-state index contributed by atoms with van der Waals surface area (Å²) >= 11 is 1.34. The van der Waals surface area contributed by atoms with E-state index in [9.17, 15) is 63.3 Å². The van der Waals surface area contributed by atoms with Crippen LogP contribution in [0.1, 0.15) is 133 Å². The van der Waals surface area contributed by atoms with Crippen molar-refractivity contribution in [3.8, 4) is 17.2 Å². The van der Waals surface area contributed by atoms with E-state index >= 15 is 0 Å². The maximum atomic E-state index is 14.8. The molecule has 0 spiro atoms. The molecule has 7 N–H and O–H groups in total. The molecule has 28 nitrogen and oxygen atoms in total. The summed E-state index contributed by atoms with van der Waals surface area (Å²) in [6.07, 6.45) is -2.28. The second kappa shape index (κ2) is 30.2. The second-order valence-electron chi connectivity index (χ2n) is 25.1. The summed E-state index contributed by atoms with van der Waals surface area (Å²) in [7, 11) is 8.10. The van der Waals surface area contributed by atoms with Gasteiger partial charge in [-0.05, 0) is 68.5 Å². The Labute approximate surface area is 554 Å². The van der Waals surface area contributed by atoms with Crippen LogP contribution >= 0.6 is 11.8 Å². The number of unbranched alkanes of at least 4 members (excludes halogenated alkanes) is 2. The highest BCUT2D eigenvalue weighted by atomic mass is 32.2. The number of carbonyl (C=O) groups excluding carboxylic acids is 10. The number of imide groups is 1. The van der Waals surface area contributed by atoms with E-state index in [1.165, 1.54) is 58.9 Å². The Morgan fingerprint density at radius 3 is 2.26 bits per heavy atom. The Kier molecular flexibility index (Phi) is 22.3. The number of methoxy groups -OCH3 is 2. The molecular formula is C65H81BN8O20S. The Hall–Kier alpha value is -7.71. The van der Waals surface area contributed by atoms with Gasteiger partial charge in [-0.2, -0.15) is 11.8 Å². The van der Waals surface area contributed by atoms with Crippen molar-refractivity contribution in [1.29, 1.82) is 0 Å². The number of aromatic hydroxyl groups is 2. The first-order valence-electron chi connectivity index (χ1n) is 32.0. The predicted octanol–water partition coefficient (Wildman–Crippen LogP) is 2.90. The molecule has 7 aliphatic rings. The van der Waals surface area contributed by atoms with Gasteiger partial charge in [-0.15, -0.1) is 0 Å². The fourth-order valence-electron chi connectivity index (χ4n) is 13.7. The third-order valence-corrected chi connectivity index (χ3v) is 19.6. The van der Waals surface area contributed by atoms with E-state index < -0.39 is 131 Å². The Morgan fingerprint density at radius 1 is 0.853 bits per heavy atom. The summed E-state index contributed by atoms with van der Waals surface area (Å²) in [6, 6.07) is 8.40. The number of thioether (sulfide) groups is 1. The van der Waals surface area contributed by atoms with Crippen molar-refractivity contribution in [3.05, 3.63) is 81.4 Å². The molecule has 0 bridgehead atoms. The molecule has 1 unspecified atom stereocenters. The smallest absolute Gasteiger partial charge is 0.410 e. The number of piperazine rings is 1. The van der Waals surface area contributed by atoms with Crippen molar-refractivity contribution >= 4 is 84.2 Å². The standard InChI is InChI=1S/C65H81BN8O20S/c1-33(2)51(70-44(75)15-8-7-9-21-74-45(76)29-43(95-6)59(74)83)58(82)69-39(13-11-20-67-63(66)85)57(81)68-36-18-16-35(17-19-36)32-91-64(86)72-24-22-71(23-25-72)62(84)65(87)30-38-48(55(80)50-49(53(38)78)52(77)37-12-10-14-41(88-4)47(37)54(50)79)42(31-65)93-46-28-40-56(34(3)92-46)94-60-61(89-5)90-27-26-73(40)60/h10,12,14,16-19,33-34,39-40,42-43,46,51,56,60-61,78,80,87H,7-9,11,13,15,20-32H2,1-6H3,(H,67,85)(H,68,81)(H,69,82)(H,70,75)/t34-,39-,40-,42-,43?,46-,51-,56+,60+,61-,65-/m0/s1. The van der Waals surface area contributed by atoms with Crippen LogP contribution in [0.5, 0.6) is 17.2 Å². The summed E-state index contributed by atoms with van der Waals surface area (Å²) in [6.45, 7) is 6.24. The lowest BCUT2D eigenvalue weighted by Crippen LogP contribution is -2.59. The van der Waals surface area contributed by atoms with Crippen molar-refractivity contribution in [2.45, 2.75) is 158 Å². The van der Waals surface area contributed by atoms with Gasteiger partial charge < -0.3 is 79.5 Å². The fraction of sp³-hybridized carbons (Fsp3) is 0.569. The number of benzene rings is 3. The van der Waals surface area contributed by atoms with Gasteiger partial charge in [-0.25, -0.2) is 4.79 Å². The second-order valence-corrected chi connectivity index (χ2v) is 26.2. The van der Waals surface area contributed by atoms with E-state index in [0.29, 0.717) is 43.7 Å². The maximum Gasteiger partial charge on any atom is 0.410 e. The van der Waals surface area contributed by atoms with Gasteiger partial charge in [0.25, 0.3) is 5.91 Å². The number of nitrogens with zero attached hydrogens (tertiary/aromatic N) is 4. The maximum absolute atomic E-state index is 14.8. The minimum Gasteiger partial charge on any atom is -0.507 e. The number of amides is 8. The number of fused-ring (bicyclic) bond motifs is 6. The molecule has 10 rings (SSSR count). The largest absolute Gasteiger partial charge is 0.507 e. The first-order valence-corrected chi connectivity index (χ1v) is 33.3. The lowest BCUT2D eigenvalue weighted by atomic mass is 9.72. The molecule has 5 heterocycles. The molecule has 510 valence electrons. The molecule has 5 saturated heterocycles. The van der Waals surface area contributed by atoms with E-state index in [0.717, 1.165) is 0 Å². The SMILES string of the molecule is [B]C(=O)NCCC[C@H](NC(=O)[C@@H](NC(=O)CCCCCN1C(=O)CC(SC)C1=O)C(C)C)C(=O)Nc1ccc(COC(=O)N2CCN(C(=O)[C@]3(O)Cc4c(O)c5c(c(O)c4[C@@H](O[C@H]4C[C@H]6[C@H](O[C@@H]7[C@@H](OC)OCCN76)[C@H](C)O4)C3)C(=O)c3c(OC)cccc3C5=O)CC2)cc1. The molecule has 5 fully saturated rings. The zero-order valence-corrected chi connectivity index (χ0v) is 54.7. The Morgan fingerprint density at radius 2 is 1.58 bits per heavy atom. The van der Waals surface area contributed by atoms with Crippen LogP contribution in [0.25, 0.3) is 0 Å². The zero-order chi connectivity index (χ0) is 68.2. The van der Waals surface area contributed by atoms with Gasteiger partial charge in [0, 0.05) is 113 Å². The highest BCUT2D eigenvalue weighted by Gasteiger charge is 2.56. The van der Waals surface area contributed by atoms with E-state index in [-0.39, 0.29) is 141 Å². The van der Waals surface area contributed by atoms with E-state index in [1.54, 1.807) is 44.4 Å². The highest BCUT2D eigenvalue weighted by Crippen LogP contribution is 2.53. The summed E-state index contributed by atoms with van der Waals surface area (Å²) in [4.78, 5) is 140. The highest BCUT2D eigenvalue weighted by molar-refractivity contribution is 8.00. The lowest BCUT2D eigenvalue weighted by Gasteiger charge is -2.45. The number of ketones is 2. The number of hydrogen-bond acceptors (Lipinski definition) is 22. The van der Waals surface area contributed by atoms with Gasteiger partial charge in [-0.3, -0.25) is 53.0 Å². The van der Waals surface area contributed by atoms with Crippen molar-refractivity contribution in [3.63, 3.8) is 0 Å². The number of morpholine rings is 1. The van der Waals surface area contributed by atoms with Crippen LogP contribution in [0.4, 0.5) is 15.3 Å². The van der Waals surface area contributed by atoms with Crippen LogP contribution < -0.4 is 26.0 Å². The van der Waals surface area contributed by atoms with Crippen molar-refractivity contribution in [1.82, 2.24) is 35.6 Å². The Bertz CT molecular complexity index is 3460. The van der Waals surface area contributed by atoms with Crippen molar-refractivity contribution < 1.29 is 96.4 Å². The van der Waals surface area contributed by atoms with Gasteiger partial charge >= 0.3 is 6.09 Å². The topological polar surface area (TPSA) is 357 Å². The number of ether oxygens (including phenoxy) is 7. The number of carbonyl (C=O) groups is 10. The van der Waals surface area contributed by atoms with Gasteiger partial charge in [0.1, 0.15) is 47.6 Å². The molecule has 3 aromatic rings. The van der Waals surface area contributed by atoms with Crippen LogP contribution in [0.2, 0.25) is 0 Å². The Balaban J connectivity index is 0.751. The van der Waals surface area contributed by atoms with E-state index in [2.05, 4.69) is 26.2 Å². The van der Waals surface area contributed by atoms with Crippen LogP contribution in [0, 0.1) is 5.92 Å². The average Bonchev–Trinajstić information content (AvgIpc) is 1.33. The molecule has 3 aromatic carbocycles. The summed E-state index contributed by atoms with van der Waals surface area (Å²) < 4.78 is 42.0. The molecule has 5 aliphatic heterocycles. The normalized spacial score (nSPS) is 25.4. The molecule has 95 heavy (non-hydrogen) atoms. The molecule has 2 radical (unpaired) electrons. The number of hydrogen-bond donors (Lipinski definition) is 7. The van der Waals surface area contributed by atoms with Gasteiger partial charge in [-0.1, -0.05) is 44.5 Å². The summed E-state index contributed by atoms with van der Waals surface area (Å²) in [5, 5.41) is 47.6. The monoisotopic (exact) mass is 1340 g/mol. The van der Waals surface area contributed by atoms with E-state index in [4.69, 9.17) is 41.0 Å². The summed E-state index contributed by atoms with van der Waals surface area (Å²) in [5.41, 5.74) is -2.93. The van der Waals surface area contributed by atoms with Crippen molar-refractivity contribution in [2.24, 2.45) is 5.92 Å². The molecule has 30 heteroatoms. The molecule has 11 atom stereocenters. The lowest BCUT2D eigenvalue weighted by molar-refractivity contribution is -0.256. The number of likely N-dealkylation sites (tertiary alicyclic amines) is 1. The van der Waals surface area contributed by atoms with Gasteiger partial charge in [0.05, 0.1) is 47.9 Å². The average molecular weight is 1340 g/mol. The van der Waals surface area contributed by atoms with Crippen LogP contribution in [0.3, 0.4) is 0 Å². The number of aliphatic hydroxyl groups is 1. The van der Waals surface area contributed by atoms with Gasteiger partial charge in [0.15, 0.2) is 38.2 Å². The quantitative estimate of drug-likeness (QED) is 0.0229. The molecule has 0 saturated carbocycles. The molecule has 2 aliphatic carbocycles. The number of phenolic OH excluding ortho intramolecular Hbond substituents is 2. The van der Waals surface area contributed by atoms with Crippen LogP contribution in [-0.2, 0) is 70.2 Å². The van der Waals surface area contributed by atoms with Crippen LogP contribution in [0.15, 0.2) is 42.5 Å². The number of rotatable bonds is 24. The first kappa shape index (κ1) is 70.1. The molecular weight excluding hydrogens is 1260 g/mol.